The van der Waals surface area contributed by atoms with Crippen LogP contribution in [-0.2, 0) is 17.6 Å². The molecule has 0 unspecified atom stereocenters. The van der Waals surface area contributed by atoms with Crippen molar-refractivity contribution in [1.29, 1.82) is 0 Å². The zero-order chi connectivity index (χ0) is 22.9. The first kappa shape index (κ1) is 22.0. The Labute approximate surface area is 198 Å². The average Bonchev–Trinajstić information content (AvgIpc) is 3.36. The fourth-order valence-corrected chi connectivity index (χ4v) is 6.61. The van der Waals surface area contributed by atoms with Crippen molar-refractivity contribution < 1.29 is 14.3 Å². The van der Waals surface area contributed by atoms with Crippen LogP contribution in [0, 0.1) is 0 Å². The van der Waals surface area contributed by atoms with Gasteiger partial charge in [-0.1, -0.05) is 23.9 Å². The number of thioether (sulfide) groups is 1. The Balaban J connectivity index is 1.51. The van der Waals surface area contributed by atoms with Crippen molar-refractivity contribution in [3.8, 4) is 11.4 Å². The standard InChI is InChI=1S/C23H24N4O4S2/c1-31-16-9-4-3-8-15(16)27-21(29)19-14-7-2-5-10-17(14)33-20(19)25-23(27)32-12-6-11-26-18(28)13-24-22(26)30/h3-4,8-9H,2,5-7,10-13H2,1H3,(H,24,30). The number of urea groups is 1. The summed E-state index contributed by atoms with van der Waals surface area (Å²) in [6.45, 7) is 0.396. The van der Waals surface area contributed by atoms with E-state index in [1.54, 1.807) is 23.0 Å². The molecule has 10 heteroatoms. The lowest BCUT2D eigenvalue weighted by Gasteiger charge is -2.16. The summed E-state index contributed by atoms with van der Waals surface area (Å²) >= 11 is 3.08. The summed E-state index contributed by atoms with van der Waals surface area (Å²) in [5.74, 6) is 1.00. The number of hydrogen-bond donors (Lipinski definition) is 1. The third kappa shape index (κ3) is 4.02. The molecule has 1 fully saturated rings. The second kappa shape index (κ2) is 9.18. The number of nitrogens with one attached hydrogen (secondary N) is 1. The molecule has 0 spiro atoms. The number of benzene rings is 1. The van der Waals surface area contributed by atoms with Gasteiger partial charge in [0.05, 0.1) is 24.7 Å². The maximum atomic E-state index is 13.8. The number of nitrogens with zero attached hydrogens (tertiary/aromatic N) is 3. The molecule has 0 radical (unpaired) electrons. The highest BCUT2D eigenvalue weighted by Crippen LogP contribution is 2.36. The van der Waals surface area contributed by atoms with Crippen molar-refractivity contribution >= 4 is 45.3 Å². The molecule has 2 aliphatic rings. The summed E-state index contributed by atoms with van der Waals surface area (Å²) < 4.78 is 7.20. The Morgan fingerprint density at radius 3 is 2.79 bits per heavy atom. The number of para-hydroxylation sites is 2. The van der Waals surface area contributed by atoms with Crippen LogP contribution in [0.5, 0.6) is 5.75 Å². The Hall–Kier alpha value is -2.85. The van der Waals surface area contributed by atoms with Crippen LogP contribution in [0.25, 0.3) is 15.9 Å². The maximum Gasteiger partial charge on any atom is 0.324 e. The quantitative estimate of drug-likeness (QED) is 0.239. The molecule has 1 saturated heterocycles. The minimum Gasteiger partial charge on any atom is -0.495 e. The summed E-state index contributed by atoms with van der Waals surface area (Å²) in [5, 5.41) is 3.85. The molecule has 3 aromatic rings. The normalized spacial score (nSPS) is 15.7. The summed E-state index contributed by atoms with van der Waals surface area (Å²) in [5.41, 5.74) is 1.74. The second-order valence-electron chi connectivity index (χ2n) is 8.00. The van der Waals surface area contributed by atoms with E-state index in [2.05, 4.69) is 5.32 Å². The molecule has 1 aliphatic heterocycles. The number of aromatic nitrogens is 2. The van der Waals surface area contributed by atoms with Gasteiger partial charge in [0.1, 0.15) is 10.6 Å². The number of methoxy groups -OCH3 is 1. The number of fused-ring (bicyclic) bond motifs is 3. The molecular formula is C23H24N4O4S2. The van der Waals surface area contributed by atoms with Gasteiger partial charge in [-0.2, -0.15) is 0 Å². The molecule has 1 N–H and O–H groups in total. The number of rotatable bonds is 7. The molecule has 2 aromatic heterocycles. The molecule has 33 heavy (non-hydrogen) atoms. The molecular weight excluding hydrogens is 460 g/mol. The third-order valence-corrected chi connectivity index (χ3v) is 8.19. The number of imide groups is 1. The number of hydrogen-bond acceptors (Lipinski definition) is 7. The number of carbonyl (C=O) groups is 2. The molecule has 5 rings (SSSR count). The van der Waals surface area contributed by atoms with Crippen LogP contribution >= 0.6 is 23.1 Å². The molecule has 3 amide bonds. The Morgan fingerprint density at radius 2 is 2.00 bits per heavy atom. The van der Waals surface area contributed by atoms with Crippen molar-refractivity contribution in [3.63, 3.8) is 0 Å². The van der Waals surface area contributed by atoms with Gasteiger partial charge in [-0.15, -0.1) is 11.3 Å². The van der Waals surface area contributed by atoms with Gasteiger partial charge in [0, 0.05) is 17.2 Å². The lowest BCUT2D eigenvalue weighted by molar-refractivity contribution is -0.124. The predicted octanol–water partition coefficient (Wildman–Crippen LogP) is 3.37. The van der Waals surface area contributed by atoms with Crippen LogP contribution in [0.15, 0.2) is 34.2 Å². The number of amides is 3. The van der Waals surface area contributed by atoms with Crippen LogP contribution < -0.4 is 15.6 Å². The van der Waals surface area contributed by atoms with Crippen molar-refractivity contribution in [3.05, 3.63) is 45.1 Å². The summed E-state index contributed by atoms with van der Waals surface area (Å²) in [6.07, 6.45) is 4.75. The summed E-state index contributed by atoms with van der Waals surface area (Å²) in [4.78, 5) is 45.6. The van der Waals surface area contributed by atoms with Gasteiger partial charge in [0.25, 0.3) is 5.56 Å². The number of thiophene rings is 1. The first-order chi connectivity index (χ1) is 16.1. The van der Waals surface area contributed by atoms with E-state index in [1.807, 2.05) is 24.3 Å². The van der Waals surface area contributed by atoms with Gasteiger partial charge in [-0.25, -0.2) is 9.78 Å². The second-order valence-corrected chi connectivity index (χ2v) is 10.1. The maximum absolute atomic E-state index is 13.8. The van der Waals surface area contributed by atoms with E-state index in [4.69, 9.17) is 9.72 Å². The van der Waals surface area contributed by atoms with E-state index in [9.17, 15) is 14.4 Å². The minimum atomic E-state index is -0.348. The van der Waals surface area contributed by atoms with E-state index >= 15 is 0 Å². The van der Waals surface area contributed by atoms with Gasteiger partial charge < -0.3 is 10.1 Å². The van der Waals surface area contributed by atoms with Crippen LogP contribution in [0.1, 0.15) is 29.7 Å². The van der Waals surface area contributed by atoms with Gasteiger partial charge in [-0.3, -0.25) is 19.1 Å². The lowest BCUT2D eigenvalue weighted by Crippen LogP contribution is -2.32. The third-order valence-electron chi connectivity index (χ3n) is 5.98. The fourth-order valence-electron chi connectivity index (χ4n) is 4.38. The molecule has 0 bridgehead atoms. The van der Waals surface area contributed by atoms with E-state index in [0.29, 0.717) is 35.3 Å². The first-order valence-electron chi connectivity index (χ1n) is 11.0. The zero-order valence-electron chi connectivity index (χ0n) is 18.3. The van der Waals surface area contributed by atoms with Gasteiger partial charge in [-0.05, 0) is 49.8 Å². The van der Waals surface area contributed by atoms with Gasteiger partial charge >= 0.3 is 6.03 Å². The highest BCUT2D eigenvalue weighted by Gasteiger charge is 2.28. The minimum absolute atomic E-state index is 0.0561. The smallest absolute Gasteiger partial charge is 0.324 e. The number of aryl methyl sites for hydroxylation is 2. The molecule has 0 atom stereocenters. The number of carbonyl (C=O) groups excluding carboxylic acids is 2. The topological polar surface area (TPSA) is 93.5 Å². The Morgan fingerprint density at radius 1 is 1.18 bits per heavy atom. The lowest BCUT2D eigenvalue weighted by atomic mass is 9.97. The van der Waals surface area contributed by atoms with E-state index in [-0.39, 0.29) is 24.0 Å². The van der Waals surface area contributed by atoms with Crippen LogP contribution in [0.4, 0.5) is 4.79 Å². The predicted molar refractivity (Wildman–Crippen MR) is 129 cm³/mol. The molecule has 8 nitrogen and oxygen atoms in total. The van der Waals surface area contributed by atoms with Crippen molar-refractivity contribution in [2.24, 2.45) is 0 Å². The molecule has 0 saturated carbocycles. The zero-order valence-corrected chi connectivity index (χ0v) is 19.9. The fraction of sp³-hybridized carbons (Fsp3) is 0.391. The van der Waals surface area contributed by atoms with Gasteiger partial charge in [0.15, 0.2) is 5.16 Å². The van der Waals surface area contributed by atoms with Crippen molar-refractivity contribution in [2.45, 2.75) is 37.3 Å². The highest BCUT2D eigenvalue weighted by molar-refractivity contribution is 7.99. The van der Waals surface area contributed by atoms with Crippen molar-refractivity contribution in [1.82, 2.24) is 19.8 Å². The Kier molecular flexibility index (Phi) is 6.11. The van der Waals surface area contributed by atoms with Crippen molar-refractivity contribution in [2.75, 3.05) is 26.0 Å². The summed E-state index contributed by atoms with van der Waals surface area (Å²) in [6, 6.07) is 7.10. The van der Waals surface area contributed by atoms with Gasteiger partial charge in [0.2, 0.25) is 5.91 Å². The average molecular weight is 485 g/mol. The molecule has 1 aromatic carbocycles. The highest BCUT2D eigenvalue weighted by atomic mass is 32.2. The van der Waals surface area contributed by atoms with Crippen LogP contribution in [-0.4, -0.2) is 52.3 Å². The Bertz CT molecular complexity index is 1280. The van der Waals surface area contributed by atoms with Crippen LogP contribution in [0.2, 0.25) is 0 Å². The largest absolute Gasteiger partial charge is 0.495 e. The van der Waals surface area contributed by atoms with E-state index in [1.165, 1.54) is 21.5 Å². The SMILES string of the molecule is COc1ccccc1-n1c(SCCCN2C(=O)CNC2=O)nc2sc3c(c2c1=O)CCCC3. The summed E-state index contributed by atoms with van der Waals surface area (Å²) in [7, 11) is 1.59. The molecule has 1 aliphatic carbocycles. The molecule has 3 heterocycles. The van der Waals surface area contributed by atoms with E-state index in [0.717, 1.165) is 41.5 Å². The molecule has 172 valence electrons. The number of ether oxygens (including phenoxy) is 1. The first-order valence-corrected chi connectivity index (χ1v) is 12.8. The van der Waals surface area contributed by atoms with Crippen LogP contribution in [0.3, 0.4) is 0 Å². The van der Waals surface area contributed by atoms with E-state index < -0.39 is 0 Å². The monoisotopic (exact) mass is 484 g/mol.